The molecule has 7 nitrogen and oxygen atoms in total. The zero-order valence-electron chi connectivity index (χ0n) is 16.2. The van der Waals surface area contributed by atoms with Crippen molar-refractivity contribution >= 4 is 11.0 Å². The second-order valence-electron chi connectivity index (χ2n) is 6.96. The third-order valence-corrected chi connectivity index (χ3v) is 4.83. The number of pyridine rings is 1. The highest BCUT2D eigenvalue weighted by Crippen LogP contribution is 2.32. The number of halogens is 1. The topological polar surface area (TPSA) is 85.2 Å². The molecule has 4 aromatic rings. The second kappa shape index (κ2) is 7.80. The molecule has 0 fully saturated rings. The maximum absolute atomic E-state index is 14.0. The van der Waals surface area contributed by atoms with E-state index in [1.165, 1.54) is 0 Å². The molecule has 3 aromatic heterocycles. The molecular formula is C21H20FN7. The first-order chi connectivity index (χ1) is 14.1. The minimum atomic E-state index is -0.926. The van der Waals surface area contributed by atoms with Gasteiger partial charge in [-0.1, -0.05) is 24.6 Å². The first-order valence-corrected chi connectivity index (χ1v) is 9.47. The van der Waals surface area contributed by atoms with Gasteiger partial charge in [-0.15, -0.1) is 5.10 Å². The number of nitriles is 1. The van der Waals surface area contributed by atoms with Crippen molar-refractivity contribution in [2.45, 2.75) is 32.5 Å². The van der Waals surface area contributed by atoms with Crippen molar-refractivity contribution in [1.82, 2.24) is 29.8 Å². The number of nitrogens with zero attached hydrogens (tertiary/aromatic N) is 7. The lowest BCUT2D eigenvalue weighted by Gasteiger charge is -2.09. The molecule has 0 aliphatic rings. The lowest BCUT2D eigenvalue weighted by molar-refractivity contribution is 0.267. The van der Waals surface area contributed by atoms with Gasteiger partial charge in [0, 0.05) is 29.9 Å². The third kappa shape index (κ3) is 3.72. The van der Waals surface area contributed by atoms with Crippen molar-refractivity contribution in [3.8, 4) is 28.5 Å². The van der Waals surface area contributed by atoms with E-state index < -0.39 is 6.17 Å². The number of fused-ring (bicyclic) bond motifs is 1. The Kier molecular flexibility index (Phi) is 5.04. The Labute approximate surface area is 167 Å². The van der Waals surface area contributed by atoms with Gasteiger partial charge in [0.2, 0.25) is 0 Å². The summed E-state index contributed by atoms with van der Waals surface area (Å²) < 4.78 is 17.3. The van der Waals surface area contributed by atoms with Gasteiger partial charge in [0.05, 0.1) is 24.0 Å². The van der Waals surface area contributed by atoms with Gasteiger partial charge in [-0.2, -0.15) is 10.4 Å². The molecule has 1 unspecified atom stereocenters. The normalized spacial score (nSPS) is 12.2. The Morgan fingerprint density at radius 2 is 2.07 bits per heavy atom. The van der Waals surface area contributed by atoms with Crippen molar-refractivity contribution in [2.24, 2.45) is 7.05 Å². The average Bonchev–Trinajstić information content (AvgIpc) is 3.34. The number of aryl methyl sites for hydroxylation is 1. The zero-order chi connectivity index (χ0) is 20.4. The maximum atomic E-state index is 14.0. The van der Waals surface area contributed by atoms with E-state index >= 15 is 0 Å². The molecule has 0 amide bonds. The molecule has 0 N–H and O–H groups in total. The van der Waals surface area contributed by atoms with Crippen molar-refractivity contribution < 1.29 is 4.39 Å². The molecule has 8 heteroatoms. The van der Waals surface area contributed by atoms with Crippen LogP contribution in [0.1, 0.15) is 25.5 Å². The van der Waals surface area contributed by atoms with Crippen LogP contribution in [0.3, 0.4) is 0 Å². The lowest BCUT2D eigenvalue weighted by atomic mass is 10.0. The van der Waals surface area contributed by atoms with Crippen LogP contribution in [0.2, 0.25) is 0 Å². The van der Waals surface area contributed by atoms with E-state index in [0.29, 0.717) is 17.8 Å². The van der Waals surface area contributed by atoms with Crippen LogP contribution in [0.25, 0.3) is 33.4 Å². The Bertz CT molecular complexity index is 1200. The summed E-state index contributed by atoms with van der Waals surface area (Å²) in [4.78, 5) is 4.52. The van der Waals surface area contributed by atoms with Gasteiger partial charge in [-0.25, -0.2) is 14.1 Å². The van der Waals surface area contributed by atoms with Crippen LogP contribution in [0, 0.1) is 11.3 Å². The third-order valence-electron chi connectivity index (χ3n) is 4.83. The Balaban J connectivity index is 1.76. The molecule has 0 aliphatic heterocycles. The smallest absolute Gasteiger partial charge is 0.141 e. The Morgan fingerprint density at radius 3 is 2.86 bits per heavy atom. The number of aromatic nitrogens is 6. The molecule has 1 aromatic carbocycles. The van der Waals surface area contributed by atoms with Crippen LogP contribution in [0.4, 0.5) is 4.39 Å². The monoisotopic (exact) mass is 389 g/mol. The summed E-state index contributed by atoms with van der Waals surface area (Å²) in [6, 6.07) is 11.4. The fourth-order valence-corrected chi connectivity index (χ4v) is 3.37. The van der Waals surface area contributed by atoms with Crippen molar-refractivity contribution in [3.05, 3.63) is 48.4 Å². The lowest BCUT2D eigenvalue weighted by Crippen LogP contribution is -2.11. The van der Waals surface area contributed by atoms with Gasteiger partial charge < -0.3 is 0 Å². The van der Waals surface area contributed by atoms with E-state index in [1.807, 2.05) is 44.4 Å². The van der Waals surface area contributed by atoms with Crippen molar-refractivity contribution in [2.75, 3.05) is 0 Å². The van der Waals surface area contributed by atoms with Crippen molar-refractivity contribution in [1.29, 1.82) is 5.26 Å². The number of alkyl halides is 1. The Morgan fingerprint density at radius 1 is 1.21 bits per heavy atom. The molecule has 0 radical (unpaired) electrons. The van der Waals surface area contributed by atoms with E-state index in [0.717, 1.165) is 34.1 Å². The van der Waals surface area contributed by atoms with Crippen LogP contribution >= 0.6 is 0 Å². The standard InChI is InChI=1S/C21H20FN7/c1-3-4-16(22)13-29-12-15(11-24-29)18-7-6-17(10-23)25-21(18)14-5-8-20-19(9-14)26-27-28(20)2/h5-9,11-12,16H,3-4,13H2,1-2H3. The van der Waals surface area contributed by atoms with Gasteiger partial charge in [0.1, 0.15) is 23.5 Å². The van der Waals surface area contributed by atoms with Gasteiger partial charge in [0.25, 0.3) is 0 Å². The van der Waals surface area contributed by atoms with E-state index in [-0.39, 0.29) is 6.54 Å². The molecule has 0 saturated heterocycles. The molecule has 0 bridgehead atoms. The SMILES string of the molecule is CCCC(F)Cn1cc(-c2ccc(C#N)nc2-c2ccc3c(c2)nnn3C)cn1. The highest BCUT2D eigenvalue weighted by atomic mass is 19.1. The summed E-state index contributed by atoms with van der Waals surface area (Å²) in [5.41, 5.74) is 5.10. The average molecular weight is 389 g/mol. The molecule has 0 spiro atoms. The van der Waals surface area contributed by atoms with E-state index in [9.17, 15) is 9.65 Å². The van der Waals surface area contributed by atoms with E-state index in [4.69, 9.17) is 0 Å². The van der Waals surface area contributed by atoms with E-state index in [1.54, 1.807) is 21.6 Å². The summed E-state index contributed by atoms with van der Waals surface area (Å²) in [5.74, 6) is 0. The largest absolute Gasteiger partial charge is 0.269 e. The van der Waals surface area contributed by atoms with Gasteiger partial charge in [-0.3, -0.25) is 4.68 Å². The molecule has 0 saturated carbocycles. The second-order valence-corrected chi connectivity index (χ2v) is 6.96. The van der Waals surface area contributed by atoms with Gasteiger partial charge in [-0.05, 0) is 30.7 Å². The predicted octanol–water partition coefficient (Wildman–Crippen LogP) is 3.90. The molecule has 146 valence electrons. The van der Waals surface area contributed by atoms with Gasteiger partial charge >= 0.3 is 0 Å². The number of benzene rings is 1. The fourth-order valence-electron chi connectivity index (χ4n) is 3.37. The molecule has 3 heterocycles. The van der Waals surface area contributed by atoms with E-state index in [2.05, 4.69) is 26.5 Å². The molecule has 29 heavy (non-hydrogen) atoms. The fraction of sp³-hybridized carbons (Fsp3) is 0.286. The number of rotatable bonds is 6. The summed E-state index contributed by atoms with van der Waals surface area (Å²) in [7, 11) is 1.83. The summed E-state index contributed by atoms with van der Waals surface area (Å²) in [6.07, 6.45) is 3.90. The minimum absolute atomic E-state index is 0.221. The first kappa shape index (κ1) is 18.7. The van der Waals surface area contributed by atoms with Gasteiger partial charge in [0.15, 0.2) is 0 Å². The van der Waals surface area contributed by atoms with Crippen LogP contribution in [-0.4, -0.2) is 35.9 Å². The van der Waals surface area contributed by atoms with Crippen LogP contribution in [-0.2, 0) is 13.6 Å². The molecule has 1 atom stereocenters. The van der Waals surface area contributed by atoms with Crippen LogP contribution < -0.4 is 0 Å². The molecular weight excluding hydrogens is 369 g/mol. The maximum Gasteiger partial charge on any atom is 0.141 e. The highest BCUT2D eigenvalue weighted by Gasteiger charge is 2.15. The molecule has 4 rings (SSSR count). The zero-order valence-corrected chi connectivity index (χ0v) is 16.2. The van der Waals surface area contributed by atoms with Crippen LogP contribution in [0.5, 0.6) is 0 Å². The number of hydrogen-bond donors (Lipinski definition) is 0. The Hall–Kier alpha value is -3.60. The summed E-state index contributed by atoms with van der Waals surface area (Å²) >= 11 is 0. The highest BCUT2D eigenvalue weighted by molar-refractivity contribution is 5.86. The summed E-state index contributed by atoms with van der Waals surface area (Å²) in [6.45, 7) is 2.18. The predicted molar refractivity (Wildman–Crippen MR) is 107 cm³/mol. The number of hydrogen-bond acceptors (Lipinski definition) is 5. The minimum Gasteiger partial charge on any atom is -0.269 e. The summed E-state index contributed by atoms with van der Waals surface area (Å²) in [5, 5.41) is 21.8. The first-order valence-electron chi connectivity index (χ1n) is 9.47. The quantitative estimate of drug-likeness (QED) is 0.499. The van der Waals surface area contributed by atoms with Crippen molar-refractivity contribution in [3.63, 3.8) is 0 Å². The van der Waals surface area contributed by atoms with Crippen LogP contribution in [0.15, 0.2) is 42.7 Å². The molecule has 0 aliphatic carbocycles.